The van der Waals surface area contributed by atoms with Crippen molar-refractivity contribution in [1.82, 2.24) is 4.98 Å². The number of nitrogens with zero attached hydrogens (tertiary/aromatic N) is 1. The molecule has 2 heterocycles. The van der Waals surface area contributed by atoms with Gasteiger partial charge in [-0.2, -0.15) is 0 Å². The van der Waals surface area contributed by atoms with Crippen molar-refractivity contribution in [3.63, 3.8) is 0 Å². The number of thiophene rings is 1. The maximum atomic E-state index is 8.85. The molecule has 2 nitrogen and oxygen atoms in total. The van der Waals surface area contributed by atoms with Gasteiger partial charge < -0.3 is 5.41 Å². The van der Waals surface area contributed by atoms with Crippen molar-refractivity contribution in [2.45, 2.75) is 38.0 Å². The third-order valence-corrected chi connectivity index (χ3v) is 5.90. The van der Waals surface area contributed by atoms with Gasteiger partial charge in [-0.25, -0.2) is 4.98 Å². The lowest BCUT2D eigenvalue weighted by Crippen LogP contribution is -2.05. The summed E-state index contributed by atoms with van der Waals surface area (Å²) in [5, 5.41) is 10.4. The van der Waals surface area contributed by atoms with Crippen LogP contribution in [0.3, 0.4) is 0 Å². The Balaban J connectivity index is 1.86. The molecule has 0 radical (unpaired) electrons. The summed E-state index contributed by atoms with van der Waals surface area (Å²) in [7, 11) is 0. The zero-order valence-corrected chi connectivity index (χ0v) is 14.9. The number of allylic oxidation sites excluding steroid dienone is 3. The van der Waals surface area contributed by atoms with Gasteiger partial charge in [0.15, 0.2) is 0 Å². The second kappa shape index (κ2) is 6.93. The van der Waals surface area contributed by atoms with Crippen LogP contribution in [0.2, 0.25) is 0 Å². The molecule has 1 aliphatic carbocycles. The second-order valence-electron chi connectivity index (χ2n) is 6.35. The van der Waals surface area contributed by atoms with Crippen molar-refractivity contribution in [2.24, 2.45) is 0 Å². The average Bonchev–Trinajstić information content (AvgIpc) is 3.10. The van der Waals surface area contributed by atoms with Crippen molar-refractivity contribution in [2.75, 3.05) is 0 Å². The lowest BCUT2D eigenvalue weighted by molar-refractivity contribution is 0.437. The third kappa shape index (κ3) is 3.05. The summed E-state index contributed by atoms with van der Waals surface area (Å²) in [6, 6.07) is 9.54. The van der Waals surface area contributed by atoms with E-state index in [2.05, 4.69) is 6.58 Å². The minimum atomic E-state index is -0.598. The zero-order chi connectivity index (χ0) is 19.9. The normalized spacial score (nSPS) is 19.8. The Kier molecular flexibility index (Phi) is 3.61. The van der Waals surface area contributed by atoms with E-state index in [9.17, 15) is 0 Å². The van der Waals surface area contributed by atoms with Crippen LogP contribution in [0.4, 0.5) is 0 Å². The second-order valence-corrected chi connectivity index (χ2v) is 7.35. The van der Waals surface area contributed by atoms with Crippen LogP contribution >= 0.6 is 11.3 Å². The third-order valence-electron chi connectivity index (χ3n) is 4.75. The van der Waals surface area contributed by atoms with E-state index in [0.29, 0.717) is 5.56 Å². The number of nitrogens with one attached hydrogen (secondary N) is 1. The van der Waals surface area contributed by atoms with Gasteiger partial charge in [0, 0.05) is 34.0 Å². The molecule has 0 aliphatic heterocycles. The van der Waals surface area contributed by atoms with Crippen LogP contribution in [0.15, 0.2) is 55.1 Å². The number of pyridine rings is 1. The van der Waals surface area contributed by atoms with Gasteiger partial charge in [0.25, 0.3) is 0 Å². The maximum Gasteiger partial charge on any atom is 0.124 e. The van der Waals surface area contributed by atoms with E-state index in [1.807, 2.05) is 30.3 Å². The van der Waals surface area contributed by atoms with Gasteiger partial charge in [-0.1, -0.05) is 56.2 Å². The number of hydrogen-bond acceptors (Lipinski definition) is 3. The molecule has 0 atom stereocenters. The quantitative estimate of drug-likeness (QED) is 0.418. The fraction of sp³-hybridized carbons (Fsp3) is 0.273. The van der Waals surface area contributed by atoms with Gasteiger partial charge in [0.1, 0.15) is 4.83 Å². The Bertz CT molecular complexity index is 1120. The summed E-state index contributed by atoms with van der Waals surface area (Å²) in [5.74, 6) is -0.598. The first kappa shape index (κ1) is 13.0. The van der Waals surface area contributed by atoms with E-state index in [4.69, 9.17) is 14.5 Å². The highest BCUT2D eigenvalue weighted by atomic mass is 32.1. The standard InChI is InChI=1S/C22H22N2S/c1-2-3-12-19(23)18-11-7-10-16-17-13-14-20(15-8-5-4-6-9-15)24-22(17)25-21(16)18/h2-3,7,10-15,23H,1,4-6,8-9H2/b12-3-,23-19?/i3D,12D,15D. The molecule has 25 heavy (non-hydrogen) atoms. The largest absolute Gasteiger partial charge is 0.300 e. The summed E-state index contributed by atoms with van der Waals surface area (Å²) < 4.78 is 25.6. The highest BCUT2D eigenvalue weighted by Gasteiger charge is 2.18. The molecule has 1 saturated carbocycles. The monoisotopic (exact) mass is 349 g/mol. The van der Waals surface area contributed by atoms with Gasteiger partial charge in [-0.3, -0.25) is 0 Å². The Labute approximate surface area is 156 Å². The van der Waals surface area contributed by atoms with E-state index >= 15 is 0 Å². The minimum Gasteiger partial charge on any atom is -0.300 e. The van der Waals surface area contributed by atoms with Crippen LogP contribution in [0.1, 0.15) is 53.4 Å². The van der Waals surface area contributed by atoms with Crippen LogP contribution in [0.25, 0.3) is 20.3 Å². The van der Waals surface area contributed by atoms with E-state index in [1.54, 1.807) is 0 Å². The number of aromatic nitrogens is 1. The Morgan fingerprint density at radius 3 is 2.88 bits per heavy atom. The number of benzene rings is 1. The summed E-state index contributed by atoms with van der Waals surface area (Å²) in [5.41, 5.74) is 1.49. The molecule has 1 N–H and O–H groups in total. The molecule has 1 aliphatic rings. The molecule has 0 bridgehead atoms. The summed E-state index contributed by atoms with van der Waals surface area (Å²) in [6.07, 6.45) is 6.35. The minimum absolute atomic E-state index is 0.0199. The van der Waals surface area contributed by atoms with E-state index in [-0.39, 0.29) is 17.8 Å². The van der Waals surface area contributed by atoms with E-state index < -0.39 is 5.89 Å². The fourth-order valence-corrected chi connectivity index (χ4v) is 4.69. The van der Waals surface area contributed by atoms with E-state index in [0.717, 1.165) is 51.7 Å². The Morgan fingerprint density at radius 2 is 2.08 bits per heavy atom. The van der Waals surface area contributed by atoms with Crippen molar-refractivity contribution >= 4 is 37.4 Å². The molecule has 1 fully saturated rings. The zero-order valence-electron chi connectivity index (χ0n) is 17.1. The van der Waals surface area contributed by atoms with Crippen molar-refractivity contribution in [3.05, 3.63) is 66.3 Å². The van der Waals surface area contributed by atoms with Crippen molar-refractivity contribution in [1.29, 1.82) is 5.41 Å². The fourth-order valence-electron chi connectivity index (χ4n) is 3.50. The van der Waals surface area contributed by atoms with Crippen LogP contribution in [-0.2, 0) is 0 Å². The topological polar surface area (TPSA) is 36.7 Å². The molecule has 4 rings (SSSR count). The SMILES string of the molecule is [2H]/C(C=C)=C(\[2H])C(=N)c1cccc2c1sc1nc(C3([2H])CCCCC3)ccc12. The predicted octanol–water partition coefficient (Wildman–Crippen LogP) is 6.61. The molecule has 0 spiro atoms. The Morgan fingerprint density at radius 1 is 1.24 bits per heavy atom. The first-order valence-corrected chi connectivity index (χ1v) is 9.48. The van der Waals surface area contributed by atoms with Crippen LogP contribution in [0.5, 0.6) is 0 Å². The van der Waals surface area contributed by atoms with Gasteiger partial charge >= 0.3 is 0 Å². The molecule has 0 unspecified atom stereocenters. The molecule has 2 aromatic heterocycles. The van der Waals surface area contributed by atoms with Gasteiger partial charge in [0.2, 0.25) is 0 Å². The molecule has 126 valence electrons. The van der Waals surface area contributed by atoms with Gasteiger partial charge in [-0.05, 0) is 31.0 Å². The molecular formula is C22H22N2S. The number of hydrogen-bond donors (Lipinski definition) is 1. The van der Waals surface area contributed by atoms with Crippen LogP contribution in [-0.4, -0.2) is 10.7 Å². The molecular weight excluding hydrogens is 324 g/mol. The number of rotatable bonds is 4. The smallest absolute Gasteiger partial charge is 0.124 e. The van der Waals surface area contributed by atoms with Crippen molar-refractivity contribution in [3.8, 4) is 0 Å². The lowest BCUT2D eigenvalue weighted by atomic mass is 9.86. The molecule has 0 saturated heterocycles. The summed E-state index contributed by atoms with van der Waals surface area (Å²) in [6.45, 7) is 3.53. The summed E-state index contributed by atoms with van der Waals surface area (Å²) >= 11 is 1.50. The van der Waals surface area contributed by atoms with E-state index in [1.165, 1.54) is 23.8 Å². The van der Waals surface area contributed by atoms with Crippen molar-refractivity contribution < 1.29 is 4.11 Å². The first-order valence-electron chi connectivity index (χ1n) is 10.2. The molecule has 1 aromatic carbocycles. The lowest BCUT2D eigenvalue weighted by Gasteiger charge is -2.20. The van der Waals surface area contributed by atoms with Crippen LogP contribution < -0.4 is 0 Å². The number of fused-ring (bicyclic) bond motifs is 3. The highest BCUT2D eigenvalue weighted by Crippen LogP contribution is 2.38. The van der Waals surface area contributed by atoms with Crippen LogP contribution in [0, 0.1) is 5.41 Å². The highest BCUT2D eigenvalue weighted by molar-refractivity contribution is 7.25. The molecule has 3 heteroatoms. The van der Waals surface area contributed by atoms with Gasteiger partial charge in [-0.15, -0.1) is 11.3 Å². The molecule has 3 aromatic rings. The summed E-state index contributed by atoms with van der Waals surface area (Å²) in [4.78, 5) is 5.72. The first-order chi connectivity index (χ1) is 13.4. The average molecular weight is 350 g/mol. The molecule has 0 amide bonds. The predicted molar refractivity (Wildman–Crippen MR) is 109 cm³/mol. The Hall–Kier alpha value is -2.26. The van der Waals surface area contributed by atoms with Gasteiger partial charge in [0.05, 0.1) is 8.45 Å². The maximum absolute atomic E-state index is 8.85.